The molecule has 0 atom stereocenters. The monoisotopic (exact) mass is 370 g/mol. The fourth-order valence-corrected chi connectivity index (χ4v) is 4.49. The van der Waals surface area contributed by atoms with Crippen molar-refractivity contribution in [1.29, 1.82) is 0 Å². The number of halogens is 1. The van der Waals surface area contributed by atoms with Gasteiger partial charge in [-0.25, -0.2) is 0 Å². The van der Waals surface area contributed by atoms with Crippen molar-refractivity contribution in [2.24, 2.45) is 0 Å². The first-order chi connectivity index (χ1) is 9.72. The van der Waals surface area contributed by atoms with E-state index in [4.69, 9.17) is 0 Å². The standard InChI is InChI=1S/C14H15BrN2OS2/c15-13-2-1-12(20-13)9-16-4-6-17(7-5-16)14(18)11-3-8-19-10-11/h1-3,8,10H,4-7,9H2. The second kappa shape index (κ2) is 6.39. The number of rotatable bonds is 3. The number of amides is 1. The highest BCUT2D eigenvalue weighted by molar-refractivity contribution is 9.11. The lowest BCUT2D eigenvalue weighted by Gasteiger charge is -2.34. The molecule has 0 unspecified atom stereocenters. The molecule has 1 saturated heterocycles. The number of thiophene rings is 2. The molecule has 3 rings (SSSR count). The summed E-state index contributed by atoms with van der Waals surface area (Å²) in [6, 6.07) is 6.16. The number of hydrogen-bond donors (Lipinski definition) is 0. The van der Waals surface area contributed by atoms with Gasteiger partial charge in [0.1, 0.15) is 0 Å². The molecule has 0 aliphatic carbocycles. The van der Waals surface area contributed by atoms with Gasteiger partial charge in [0.2, 0.25) is 0 Å². The van der Waals surface area contributed by atoms with Gasteiger partial charge < -0.3 is 4.90 Å². The van der Waals surface area contributed by atoms with Crippen LogP contribution < -0.4 is 0 Å². The molecule has 0 aromatic carbocycles. The van der Waals surface area contributed by atoms with Gasteiger partial charge in [0.15, 0.2) is 0 Å². The molecule has 0 N–H and O–H groups in total. The smallest absolute Gasteiger partial charge is 0.254 e. The van der Waals surface area contributed by atoms with E-state index in [1.54, 1.807) is 22.7 Å². The quantitative estimate of drug-likeness (QED) is 0.824. The lowest BCUT2D eigenvalue weighted by Crippen LogP contribution is -2.48. The summed E-state index contributed by atoms with van der Waals surface area (Å²) in [6.07, 6.45) is 0. The molecule has 20 heavy (non-hydrogen) atoms. The van der Waals surface area contributed by atoms with E-state index in [9.17, 15) is 4.79 Å². The zero-order valence-corrected chi connectivity index (χ0v) is 14.1. The molecule has 2 aromatic heterocycles. The van der Waals surface area contributed by atoms with E-state index in [1.807, 2.05) is 21.7 Å². The number of carbonyl (C=O) groups excluding carboxylic acids is 1. The molecule has 1 amide bonds. The van der Waals surface area contributed by atoms with Crippen molar-refractivity contribution in [3.05, 3.63) is 43.2 Å². The summed E-state index contributed by atoms with van der Waals surface area (Å²) in [6.45, 7) is 4.52. The SMILES string of the molecule is O=C(c1ccsc1)N1CCN(Cc2ccc(Br)s2)CC1. The summed E-state index contributed by atoms with van der Waals surface area (Å²) < 4.78 is 1.18. The molecule has 0 spiro atoms. The average Bonchev–Trinajstić information content (AvgIpc) is 3.11. The Balaban J connectivity index is 1.53. The van der Waals surface area contributed by atoms with E-state index in [-0.39, 0.29) is 5.91 Å². The van der Waals surface area contributed by atoms with Crippen LogP contribution >= 0.6 is 38.6 Å². The van der Waals surface area contributed by atoms with E-state index >= 15 is 0 Å². The topological polar surface area (TPSA) is 23.6 Å². The van der Waals surface area contributed by atoms with Crippen molar-refractivity contribution < 1.29 is 4.79 Å². The van der Waals surface area contributed by atoms with Crippen molar-refractivity contribution in [2.45, 2.75) is 6.54 Å². The van der Waals surface area contributed by atoms with Gasteiger partial charge in [-0.15, -0.1) is 11.3 Å². The average molecular weight is 371 g/mol. The Kier molecular flexibility index (Phi) is 4.55. The molecule has 3 nitrogen and oxygen atoms in total. The third-order valence-corrected chi connectivity index (χ3v) is 5.73. The third-order valence-electron chi connectivity index (χ3n) is 3.44. The highest BCUT2D eigenvalue weighted by Crippen LogP contribution is 2.23. The molecule has 6 heteroatoms. The van der Waals surface area contributed by atoms with Gasteiger partial charge in [0, 0.05) is 43.0 Å². The first-order valence-electron chi connectivity index (χ1n) is 6.50. The number of nitrogens with zero attached hydrogens (tertiary/aromatic N) is 2. The van der Waals surface area contributed by atoms with E-state index in [1.165, 1.54) is 8.66 Å². The van der Waals surface area contributed by atoms with Crippen LogP contribution in [-0.2, 0) is 6.54 Å². The summed E-state index contributed by atoms with van der Waals surface area (Å²) in [5, 5.41) is 3.88. The normalized spacial score (nSPS) is 16.6. The second-order valence-corrected chi connectivity index (χ2v) is 8.11. The van der Waals surface area contributed by atoms with Crippen molar-refractivity contribution in [3.63, 3.8) is 0 Å². The minimum Gasteiger partial charge on any atom is -0.336 e. The van der Waals surface area contributed by atoms with E-state index in [0.717, 1.165) is 38.3 Å². The van der Waals surface area contributed by atoms with Crippen molar-refractivity contribution in [3.8, 4) is 0 Å². The fraction of sp³-hybridized carbons (Fsp3) is 0.357. The molecule has 0 radical (unpaired) electrons. The fourth-order valence-electron chi connectivity index (χ4n) is 2.33. The first-order valence-corrected chi connectivity index (χ1v) is 9.05. The van der Waals surface area contributed by atoms with Crippen LogP contribution in [0.4, 0.5) is 0 Å². The highest BCUT2D eigenvalue weighted by atomic mass is 79.9. The minimum absolute atomic E-state index is 0.171. The third kappa shape index (κ3) is 3.31. The van der Waals surface area contributed by atoms with Crippen molar-refractivity contribution in [1.82, 2.24) is 9.80 Å². The van der Waals surface area contributed by atoms with E-state index in [0.29, 0.717) is 0 Å². The van der Waals surface area contributed by atoms with Crippen LogP contribution in [0.2, 0.25) is 0 Å². The van der Waals surface area contributed by atoms with Gasteiger partial charge in [-0.3, -0.25) is 9.69 Å². The van der Waals surface area contributed by atoms with Gasteiger partial charge in [-0.1, -0.05) is 0 Å². The van der Waals surface area contributed by atoms with Crippen LogP contribution in [0.25, 0.3) is 0 Å². The number of carbonyl (C=O) groups is 1. The lowest BCUT2D eigenvalue weighted by molar-refractivity contribution is 0.0630. The molecule has 3 heterocycles. The van der Waals surface area contributed by atoms with Crippen LogP contribution in [0.1, 0.15) is 15.2 Å². The van der Waals surface area contributed by atoms with Crippen LogP contribution in [0, 0.1) is 0 Å². The largest absolute Gasteiger partial charge is 0.336 e. The Morgan fingerprint density at radius 2 is 2.00 bits per heavy atom. The van der Waals surface area contributed by atoms with Crippen LogP contribution in [0.3, 0.4) is 0 Å². The maximum absolute atomic E-state index is 12.2. The summed E-state index contributed by atoms with van der Waals surface area (Å²) in [5.74, 6) is 0.171. The maximum Gasteiger partial charge on any atom is 0.254 e. The van der Waals surface area contributed by atoms with E-state index < -0.39 is 0 Å². The van der Waals surface area contributed by atoms with Gasteiger partial charge in [-0.05, 0) is 39.5 Å². The highest BCUT2D eigenvalue weighted by Gasteiger charge is 2.22. The molecular weight excluding hydrogens is 356 g/mol. The van der Waals surface area contributed by atoms with E-state index in [2.05, 4.69) is 33.0 Å². The predicted molar refractivity (Wildman–Crippen MR) is 87.5 cm³/mol. The molecule has 1 aliphatic rings. The van der Waals surface area contributed by atoms with Crippen molar-refractivity contribution in [2.75, 3.05) is 26.2 Å². The summed E-state index contributed by atoms with van der Waals surface area (Å²) in [7, 11) is 0. The van der Waals surface area contributed by atoms with Gasteiger partial charge in [0.25, 0.3) is 5.91 Å². The number of piperazine rings is 1. The Labute approximate surface area is 135 Å². The molecule has 106 valence electrons. The molecule has 1 fully saturated rings. The molecule has 2 aromatic rings. The maximum atomic E-state index is 12.2. The number of hydrogen-bond acceptors (Lipinski definition) is 4. The molecule has 1 aliphatic heterocycles. The van der Waals surface area contributed by atoms with Gasteiger partial charge in [0.05, 0.1) is 9.35 Å². The summed E-state index contributed by atoms with van der Waals surface area (Å²) in [4.78, 5) is 18.0. The Morgan fingerprint density at radius 3 is 2.60 bits per heavy atom. The zero-order valence-electron chi connectivity index (χ0n) is 10.9. The molecule has 0 bridgehead atoms. The molecule has 0 saturated carbocycles. The summed E-state index contributed by atoms with van der Waals surface area (Å²) in [5.41, 5.74) is 0.825. The Hall–Kier alpha value is -0.690. The summed E-state index contributed by atoms with van der Waals surface area (Å²) >= 11 is 6.85. The Bertz CT molecular complexity index is 574. The zero-order chi connectivity index (χ0) is 13.9. The molecular formula is C14H15BrN2OS2. The minimum atomic E-state index is 0.171. The van der Waals surface area contributed by atoms with Gasteiger partial charge >= 0.3 is 0 Å². The van der Waals surface area contributed by atoms with Crippen LogP contribution in [-0.4, -0.2) is 41.9 Å². The lowest BCUT2D eigenvalue weighted by atomic mass is 10.2. The van der Waals surface area contributed by atoms with Crippen LogP contribution in [0.5, 0.6) is 0 Å². The first kappa shape index (κ1) is 14.3. The van der Waals surface area contributed by atoms with Crippen molar-refractivity contribution >= 4 is 44.5 Å². The Morgan fingerprint density at radius 1 is 1.20 bits per heavy atom. The van der Waals surface area contributed by atoms with Gasteiger partial charge in [-0.2, -0.15) is 11.3 Å². The predicted octanol–water partition coefficient (Wildman–Crippen LogP) is 3.53. The van der Waals surface area contributed by atoms with Crippen LogP contribution in [0.15, 0.2) is 32.7 Å². The second-order valence-electron chi connectivity index (χ2n) is 4.79.